The van der Waals surface area contributed by atoms with E-state index in [1.807, 2.05) is 32.9 Å². The van der Waals surface area contributed by atoms with Gasteiger partial charge < -0.3 is 15.5 Å². The molecule has 1 aliphatic heterocycles. The van der Waals surface area contributed by atoms with Crippen molar-refractivity contribution >= 4 is 28.5 Å². The molecule has 0 unspecified atom stereocenters. The van der Waals surface area contributed by atoms with Crippen molar-refractivity contribution in [1.29, 1.82) is 0 Å². The molecule has 7 heteroatoms. The number of amides is 1. The van der Waals surface area contributed by atoms with Crippen LogP contribution in [0.1, 0.15) is 43.4 Å². The van der Waals surface area contributed by atoms with Gasteiger partial charge in [-0.25, -0.2) is 0 Å². The monoisotopic (exact) mass is 417 g/mol. The molecule has 2 N–H and O–H groups in total. The lowest BCUT2D eigenvalue weighted by Gasteiger charge is -2.27. The molecule has 0 saturated carbocycles. The fourth-order valence-electron chi connectivity index (χ4n) is 3.65. The molecule has 0 bridgehead atoms. The summed E-state index contributed by atoms with van der Waals surface area (Å²) in [6.45, 7) is 6.82. The van der Waals surface area contributed by atoms with Crippen molar-refractivity contribution in [2.24, 2.45) is 0 Å². The van der Waals surface area contributed by atoms with Gasteiger partial charge in [-0.1, -0.05) is 25.5 Å². The summed E-state index contributed by atoms with van der Waals surface area (Å²) in [6, 6.07) is 9.74. The molecule has 2 aromatic carbocycles. The summed E-state index contributed by atoms with van der Waals surface area (Å²) >= 11 is 0. The lowest BCUT2D eigenvalue weighted by molar-refractivity contribution is -0.137. The Balaban J connectivity index is 1.93. The lowest BCUT2D eigenvalue weighted by Crippen LogP contribution is -2.26. The first kappa shape index (κ1) is 21.7. The van der Waals surface area contributed by atoms with Gasteiger partial charge in [-0.05, 0) is 50.1 Å². The molecule has 1 aliphatic rings. The molecule has 160 valence electrons. The van der Waals surface area contributed by atoms with E-state index >= 15 is 0 Å². The van der Waals surface area contributed by atoms with Crippen LogP contribution in [0.15, 0.2) is 42.6 Å². The number of rotatable bonds is 7. The zero-order valence-corrected chi connectivity index (χ0v) is 17.4. The predicted octanol–water partition coefficient (Wildman–Crippen LogP) is 6.05. The van der Waals surface area contributed by atoms with Crippen LogP contribution in [0.25, 0.3) is 5.57 Å². The molecule has 0 aromatic heterocycles. The second-order valence-corrected chi connectivity index (χ2v) is 7.32. The molecular weight excluding hydrogens is 391 g/mol. The van der Waals surface area contributed by atoms with Crippen LogP contribution in [0.4, 0.5) is 30.2 Å². The average Bonchev–Trinajstić information content (AvgIpc) is 3.03. The van der Waals surface area contributed by atoms with Gasteiger partial charge in [-0.3, -0.25) is 4.79 Å². The molecule has 1 amide bonds. The smallest absolute Gasteiger partial charge is 0.371 e. The third-order valence-electron chi connectivity index (χ3n) is 5.22. The predicted molar refractivity (Wildman–Crippen MR) is 116 cm³/mol. The molecule has 0 fully saturated rings. The number of benzene rings is 2. The maximum absolute atomic E-state index is 13.8. The van der Waals surface area contributed by atoms with Gasteiger partial charge in [0, 0.05) is 41.9 Å². The summed E-state index contributed by atoms with van der Waals surface area (Å²) < 4.78 is 41.3. The number of carbonyl (C=O) groups is 1. The normalized spacial score (nSPS) is 14.6. The molecule has 4 nitrogen and oxygen atoms in total. The van der Waals surface area contributed by atoms with Crippen molar-refractivity contribution in [3.63, 3.8) is 0 Å². The topological polar surface area (TPSA) is 44.4 Å². The van der Waals surface area contributed by atoms with Crippen molar-refractivity contribution in [3.05, 3.63) is 59.3 Å². The Labute approximate surface area is 174 Å². The molecule has 0 saturated heterocycles. The second-order valence-electron chi connectivity index (χ2n) is 7.32. The van der Waals surface area contributed by atoms with E-state index in [1.165, 1.54) is 12.3 Å². The van der Waals surface area contributed by atoms with Crippen molar-refractivity contribution < 1.29 is 18.0 Å². The molecule has 2 aromatic rings. The van der Waals surface area contributed by atoms with E-state index in [1.54, 1.807) is 17.0 Å². The Bertz CT molecular complexity index is 967. The summed E-state index contributed by atoms with van der Waals surface area (Å²) in [6.07, 6.45) is -1.27. The van der Waals surface area contributed by atoms with Crippen molar-refractivity contribution in [1.82, 2.24) is 0 Å². The number of halogens is 3. The highest BCUT2D eigenvalue weighted by atomic mass is 19.4. The number of nitrogens with zero attached hydrogens (tertiary/aromatic N) is 1. The van der Waals surface area contributed by atoms with Gasteiger partial charge in [0.25, 0.3) is 5.91 Å². The van der Waals surface area contributed by atoms with Crippen molar-refractivity contribution in [3.8, 4) is 0 Å². The van der Waals surface area contributed by atoms with Gasteiger partial charge in [-0.2, -0.15) is 13.2 Å². The van der Waals surface area contributed by atoms with Gasteiger partial charge in [-0.15, -0.1) is 0 Å². The van der Waals surface area contributed by atoms with Crippen LogP contribution < -0.4 is 15.5 Å². The summed E-state index contributed by atoms with van der Waals surface area (Å²) in [5.41, 5.74) is 2.56. The Hall–Kier alpha value is -2.96. The van der Waals surface area contributed by atoms with Crippen LogP contribution in [-0.4, -0.2) is 19.0 Å². The summed E-state index contributed by atoms with van der Waals surface area (Å²) in [5, 5.41) is 5.66. The third kappa shape index (κ3) is 4.45. The van der Waals surface area contributed by atoms with Crippen LogP contribution in [0.3, 0.4) is 0 Å². The lowest BCUT2D eigenvalue weighted by atomic mass is 10.0. The molecule has 1 heterocycles. The maximum Gasteiger partial charge on any atom is 0.418 e. The van der Waals surface area contributed by atoms with E-state index in [0.717, 1.165) is 30.0 Å². The summed E-state index contributed by atoms with van der Waals surface area (Å²) in [4.78, 5) is 14.1. The van der Waals surface area contributed by atoms with Gasteiger partial charge in [0.2, 0.25) is 0 Å². The fraction of sp³-hybridized carbons (Fsp3) is 0.348. The van der Waals surface area contributed by atoms with Crippen LogP contribution in [-0.2, 0) is 11.0 Å². The zero-order chi connectivity index (χ0) is 21.9. The number of anilines is 3. The highest BCUT2D eigenvalue weighted by Gasteiger charge is 2.35. The first-order valence-corrected chi connectivity index (χ1v) is 10.1. The van der Waals surface area contributed by atoms with Gasteiger partial charge in [0.1, 0.15) is 0 Å². The number of alkyl halides is 3. The van der Waals surface area contributed by atoms with Gasteiger partial charge in [0.05, 0.1) is 11.1 Å². The molecule has 0 atom stereocenters. The van der Waals surface area contributed by atoms with Crippen molar-refractivity contribution in [2.45, 2.75) is 39.8 Å². The van der Waals surface area contributed by atoms with Crippen LogP contribution in [0.2, 0.25) is 0 Å². The number of hydrogen-bond acceptors (Lipinski definition) is 3. The van der Waals surface area contributed by atoms with E-state index < -0.39 is 11.7 Å². The second kappa shape index (κ2) is 8.81. The Morgan fingerprint density at radius 2 is 1.93 bits per heavy atom. The van der Waals surface area contributed by atoms with Gasteiger partial charge >= 0.3 is 6.18 Å². The average molecular weight is 417 g/mol. The van der Waals surface area contributed by atoms with Gasteiger partial charge in [0.15, 0.2) is 0 Å². The minimum absolute atomic E-state index is 0.177. The molecule has 30 heavy (non-hydrogen) atoms. The molecule has 0 aliphatic carbocycles. The SMILES string of the molecule is CCCCN(CC)c1ccc(NC=C2C(=O)Nc3cccc(C)c32)cc1C(F)(F)F. The first-order chi connectivity index (χ1) is 14.3. The summed E-state index contributed by atoms with van der Waals surface area (Å²) in [5.74, 6) is -0.281. The van der Waals surface area contributed by atoms with E-state index in [-0.39, 0.29) is 17.3 Å². The minimum atomic E-state index is -4.48. The number of carbonyl (C=O) groups excluding carboxylic acids is 1. The Kier molecular flexibility index (Phi) is 6.39. The van der Waals surface area contributed by atoms with E-state index in [0.29, 0.717) is 24.4 Å². The van der Waals surface area contributed by atoms with Crippen LogP contribution in [0, 0.1) is 6.92 Å². The third-order valence-corrected chi connectivity index (χ3v) is 5.22. The maximum atomic E-state index is 13.8. The first-order valence-electron chi connectivity index (χ1n) is 10.1. The number of nitrogens with one attached hydrogen (secondary N) is 2. The molecule has 3 rings (SSSR count). The number of fused-ring (bicyclic) bond motifs is 1. The van der Waals surface area contributed by atoms with E-state index in [9.17, 15) is 18.0 Å². The van der Waals surface area contributed by atoms with Crippen molar-refractivity contribution in [2.75, 3.05) is 28.6 Å². The quantitative estimate of drug-likeness (QED) is 0.540. The zero-order valence-electron chi connectivity index (χ0n) is 17.4. The largest absolute Gasteiger partial charge is 0.418 e. The van der Waals surface area contributed by atoms with Crippen LogP contribution in [0.5, 0.6) is 0 Å². The molecular formula is C23H26F3N3O. The Morgan fingerprint density at radius 3 is 2.60 bits per heavy atom. The molecule has 0 radical (unpaired) electrons. The van der Waals surface area contributed by atoms with E-state index in [2.05, 4.69) is 10.6 Å². The Morgan fingerprint density at radius 1 is 1.17 bits per heavy atom. The highest BCUT2D eigenvalue weighted by Crippen LogP contribution is 2.39. The number of hydrogen-bond donors (Lipinski definition) is 2. The fourth-order valence-corrected chi connectivity index (χ4v) is 3.65. The van der Waals surface area contributed by atoms with Crippen LogP contribution >= 0.6 is 0 Å². The summed E-state index contributed by atoms with van der Waals surface area (Å²) in [7, 11) is 0. The molecule has 0 spiro atoms. The standard InChI is InChI=1S/C23H26F3N3O/c1-4-6-12-29(5-2)20-11-10-16(13-18(20)23(24,25)26)27-14-17-21-15(3)8-7-9-19(21)28-22(17)30/h7-11,13-14,27H,4-6,12H2,1-3H3,(H,28,30). The van der Waals surface area contributed by atoms with E-state index in [4.69, 9.17) is 0 Å². The minimum Gasteiger partial charge on any atom is -0.371 e. The number of unbranched alkanes of at least 4 members (excludes halogenated alkanes) is 1. The highest BCUT2D eigenvalue weighted by molar-refractivity contribution is 6.32. The number of aryl methyl sites for hydroxylation is 1.